The molecule has 0 saturated carbocycles. The van der Waals surface area contributed by atoms with Crippen LogP contribution in [-0.4, -0.2) is 45.8 Å². The van der Waals surface area contributed by atoms with Crippen molar-refractivity contribution in [3.05, 3.63) is 58.3 Å². The zero-order valence-electron chi connectivity index (χ0n) is 19.1. The van der Waals surface area contributed by atoms with Crippen molar-refractivity contribution < 1.29 is 9.59 Å². The van der Waals surface area contributed by atoms with E-state index in [4.69, 9.17) is 0 Å². The van der Waals surface area contributed by atoms with Gasteiger partial charge >= 0.3 is 0 Å². The Morgan fingerprint density at radius 2 is 1.55 bits per heavy atom. The third kappa shape index (κ3) is 8.17. The number of amides is 2. The predicted octanol–water partition coefficient (Wildman–Crippen LogP) is 5.47. The Bertz CT molecular complexity index is 816. The number of unbranched alkanes of at least 4 members (excludes halogenated alkanes) is 2. The Kier molecular flexibility index (Phi) is 10.9. The molecule has 0 aliphatic heterocycles. The van der Waals surface area contributed by atoms with Crippen LogP contribution in [0.5, 0.6) is 0 Å². The van der Waals surface area contributed by atoms with Crippen LogP contribution in [0.15, 0.2) is 47.1 Å². The lowest BCUT2D eigenvalue weighted by Gasteiger charge is -2.28. The second-order valence-corrected chi connectivity index (χ2v) is 8.86. The molecular formula is C25H36BrN3O2. The van der Waals surface area contributed by atoms with Gasteiger partial charge in [0, 0.05) is 42.4 Å². The number of nitrogens with zero attached hydrogens (tertiary/aromatic N) is 3. The lowest BCUT2D eigenvalue weighted by atomic mass is 10.2. The summed E-state index contributed by atoms with van der Waals surface area (Å²) in [6.07, 6.45) is 6.40. The SMILES string of the molecule is CCCCN(CC(=O)N(CCCC)Cc1cccn1Cc1ccc(Br)cc1)C(=O)CC. The first kappa shape index (κ1) is 25.2. The minimum Gasteiger partial charge on any atom is -0.345 e. The molecule has 0 unspecified atom stereocenters. The fourth-order valence-electron chi connectivity index (χ4n) is 3.50. The van der Waals surface area contributed by atoms with Gasteiger partial charge in [-0.1, -0.05) is 61.7 Å². The third-order valence-corrected chi connectivity index (χ3v) is 5.97. The molecule has 0 spiro atoms. The molecule has 1 aromatic carbocycles. The van der Waals surface area contributed by atoms with E-state index in [1.807, 2.05) is 30.0 Å². The van der Waals surface area contributed by atoms with Crippen molar-refractivity contribution in [1.29, 1.82) is 0 Å². The van der Waals surface area contributed by atoms with Crippen LogP contribution in [0.3, 0.4) is 0 Å². The summed E-state index contributed by atoms with van der Waals surface area (Å²) < 4.78 is 3.26. The summed E-state index contributed by atoms with van der Waals surface area (Å²) in [7, 11) is 0. The Morgan fingerprint density at radius 3 is 2.16 bits per heavy atom. The molecule has 31 heavy (non-hydrogen) atoms. The van der Waals surface area contributed by atoms with E-state index >= 15 is 0 Å². The largest absolute Gasteiger partial charge is 0.345 e. The first-order valence-electron chi connectivity index (χ1n) is 11.4. The van der Waals surface area contributed by atoms with E-state index in [1.165, 1.54) is 5.56 Å². The minimum absolute atomic E-state index is 0.0303. The van der Waals surface area contributed by atoms with Crippen molar-refractivity contribution in [2.75, 3.05) is 19.6 Å². The maximum absolute atomic E-state index is 13.2. The molecule has 0 N–H and O–H groups in total. The minimum atomic E-state index is 0.0303. The molecule has 2 amide bonds. The molecule has 2 aromatic rings. The smallest absolute Gasteiger partial charge is 0.242 e. The van der Waals surface area contributed by atoms with E-state index in [-0.39, 0.29) is 18.4 Å². The van der Waals surface area contributed by atoms with Crippen molar-refractivity contribution >= 4 is 27.7 Å². The highest BCUT2D eigenvalue weighted by Crippen LogP contribution is 2.15. The molecule has 5 nitrogen and oxygen atoms in total. The first-order chi connectivity index (χ1) is 15.0. The van der Waals surface area contributed by atoms with Crippen molar-refractivity contribution in [3.63, 3.8) is 0 Å². The van der Waals surface area contributed by atoms with Gasteiger partial charge in [-0.05, 0) is 42.7 Å². The highest BCUT2D eigenvalue weighted by Gasteiger charge is 2.21. The van der Waals surface area contributed by atoms with E-state index in [0.717, 1.165) is 42.4 Å². The van der Waals surface area contributed by atoms with Crippen LogP contribution in [0.1, 0.15) is 64.1 Å². The zero-order chi connectivity index (χ0) is 22.6. The molecule has 6 heteroatoms. The standard InChI is InChI=1S/C25H36BrN3O2/c1-4-7-15-28(25(31)20-29(16-8-5-2)24(30)6-3)19-23-10-9-17-27(23)18-21-11-13-22(26)14-12-21/h9-14,17H,4-8,15-16,18-20H2,1-3H3. The molecule has 1 heterocycles. The Morgan fingerprint density at radius 1 is 0.903 bits per heavy atom. The number of rotatable bonds is 13. The van der Waals surface area contributed by atoms with Crippen LogP contribution in [-0.2, 0) is 22.7 Å². The second kappa shape index (κ2) is 13.4. The molecule has 0 aliphatic carbocycles. The van der Waals surface area contributed by atoms with Crippen molar-refractivity contribution in [1.82, 2.24) is 14.4 Å². The maximum atomic E-state index is 13.2. The summed E-state index contributed by atoms with van der Waals surface area (Å²) in [4.78, 5) is 29.2. The summed E-state index contributed by atoms with van der Waals surface area (Å²) in [6.45, 7) is 8.94. The Balaban J connectivity index is 2.11. The van der Waals surface area contributed by atoms with Crippen LogP contribution < -0.4 is 0 Å². The van der Waals surface area contributed by atoms with Crippen LogP contribution in [0.25, 0.3) is 0 Å². The van der Waals surface area contributed by atoms with Gasteiger partial charge in [0.1, 0.15) is 0 Å². The normalized spacial score (nSPS) is 10.8. The van der Waals surface area contributed by atoms with E-state index in [1.54, 1.807) is 4.90 Å². The van der Waals surface area contributed by atoms with Gasteiger partial charge in [0.05, 0.1) is 13.1 Å². The summed E-state index contributed by atoms with van der Waals surface area (Å²) in [5.74, 6) is 0.0820. The molecular weight excluding hydrogens is 454 g/mol. The fraction of sp³-hybridized carbons (Fsp3) is 0.520. The average Bonchev–Trinajstić information content (AvgIpc) is 3.21. The van der Waals surface area contributed by atoms with E-state index in [9.17, 15) is 9.59 Å². The number of halogens is 1. The maximum Gasteiger partial charge on any atom is 0.242 e. The lowest BCUT2D eigenvalue weighted by molar-refractivity contribution is -0.140. The van der Waals surface area contributed by atoms with Crippen LogP contribution in [0, 0.1) is 0 Å². The van der Waals surface area contributed by atoms with Gasteiger partial charge in [-0.25, -0.2) is 0 Å². The Hall–Kier alpha value is -2.08. The number of carbonyl (C=O) groups excluding carboxylic acids is 2. The fourth-order valence-corrected chi connectivity index (χ4v) is 3.76. The highest BCUT2D eigenvalue weighted by molar-refractivity contribution is 9.10. The molecule has 0 saturated heterocycles. The van der Waals surface area contributed by atoms with Crippen LogP contribution in [0.2, 0.25) is 0 Å². The number of aromatic nitrogens is 1. The molecule has 0 radical (unpaired) electrons. The number of hydrogen-bond acceptors (Lipinski definition) is 2. The van der Waals surface area contributed by atoms with Gasteiger partial charge in [-0.15, -0.1) is 0 Å². The van der Waals surface area contributed by atoms with Crippen molar-refractivity contribution in [2.24, 2.45) is 0 Å². The molecule has 0 bridgehead atoms. The number of benzene rings is 1. The summed E-state index contributed by atoms with van der Waals surface area (Å²) in [5.41, 5.74) is 2.32. The highest BCUT2D eigenvalue weighted by atomic mass is 79.9. The predicted molar refractivity (Wildman–Crippen MR) is 130 cm³/mol. The quantitative estimate of drug-likeness (QED) is 0.374. The zero-order valence-corrected chi connectivity index (χ0v) is 20.7. The first-order valence-corrected chi connectivity index (χ1v) is 12.2. The van der Waals surface area contributed by atoms with Crippen molar-refractivity contribution in [2.45, 2.75) is 66.0 Å². The van der Waals surface area contributed by atoms with E-state index < -0.39 is 0 Å². The van der Waals surface area contributed by atoms with Gasteiger partial charge < -0.3 is 14.4 Å². The Labute approximate surface area is 195 Å². The van der Waals surface area contributed by atoms with Gasteiger partial charge in [0.25, 0.3) is 0 Å². The molecule has 2 rings (SSSR count). The van der Waals surface area contributed by atoms with Crippen molar-refractivity contribution in [3.8, 4) is 0 Å². The summed E-state index contributed by atoms with van der Waals surface area (Å²) >= 11 is 3.48. The summed E-state index contributed by atoms with van der Waals surface area (Å²) in [6, 6.07) is 12.4. The topological polar surface area (TPSA) is 45.6 Å². The van der Waals surface area contributed by atoms with Gasteiger partial charge in [-0.3, -0.25) is 9.59 Å². The average molecular weight is 490 g/mol. The molecule has 0 fully saturated rings. The third-order valence-electron chi connectivity index (χ3n) is 5.44. The van der Waals surface area contributed by atoms with E-state index in [2.05, 4.69) is 58.7 Å². The van der Waals surface area contributed by atoms with Gasteiger partial charge in [0.2, 0.25) is 11.8 Å². The number of carbonyl (C=O) groups is 2. The lowest BCUT2D eigenvalue weighted by Crippen LogP contribution is -2.43. The van der Waals surface area contributed by atoms with Crippen LogP contribution in [0.4, 0.5) is 0 Å². The van der Waals surface area contributed by atoms with Gasteiger partial charge in [-0.2, -0.15) is 0 Å². The monoisotopic (exact) mass is 489 g/mol. The molecule has 0 aliphatic rings. The molecule has 0 atom stereocenters. The molecule has 1 aromatic heterocycles. The van der Waals surface area contributed by atoms with Crippen LogP contribution >= 0.6 is 15.9 Å². The number of hydrogen-bond donors (Lipinski definition) is 0. The second-order valence-electron chi connectivity index (χ2n) is 7.95. The van der Waals surface area contributed by atoms with Gasteiger partial charge in [0.15, 0.2) is 0 Å². The van der Waals surface area contributed by atoms with E-state index in [0.29, 0.717) is 26.1 Å². The summed E-state index contributed by atoms with van der Waals surface area (Å²) in [5, 5.41) is 0. The molecule has 170 valence electrons.